The number of fused-ring (bicyclic) bond motifs is 3. The van der Waals surface area contributed by atoms with E-state index in [0.717, 1.165) is 22.3 Å². The standard InChI is InChI=1S/C24H28N2O6/c1-2-15(23(30)25-13-16(27)11-22(28)29)12-26-24(31)32-14-21-19-9-5-3-7-17(19)18-8-4-6-10-20(18)21/h3-10,15-16,21,27H,2,11-14H2,1H3,(H,25,30)(H,26,31)(H,28,29). The third-order valence-corrected chi connectivity index (χ3v) is 5.62. The van der Waals surface area contributed by atoms with Crippen molar-refractivity contribution in [3.05, 3.63) is 59.7 Å². The van der Waals surface area contributed by atoms with Gasteiger partial charge in [0.2, 0.25) is 5.91 Å². The Kier molecular flexibility index (Phi) is 7.83. The number of carbonyl (C=O) groups excluding carboxylic acids is 2. The first-order chi connectivity index (χ1) is 15.4. The molecule has 3 rings (SSSR count). The summed E-state index contributed by atoms with van der Waals surface area (Å²) in [7, 11) is 0. The molecule has 2 atom stereocenters. The van der Waals surface area contributed by atoms with Crippen LogP contribution in [-0.4, -0.2) is 54.0 Å². The molecule has 0 heterocycles. The van der Waals surface area contributed by atoms with E-state index in [1.54, 1.807) is 6.92 Å². The molecule has 0 spiro atoms. The lowest BCUT2D eigenvalue weighted by molar-refractivity contribution is -0.139. The molecule has 8 nitrogen and oxygen atoms in total. The number of carboxylic acids is 1. The van der Waals surface area contributed by atoms with Gasteiger partial charge < -0.3 is 25.6 Å². The minimum absolute atomic E-state index is 0.0471. The van der Waals surface area contributed by atoms with Gasteiger partial charge in [0.25, 0.3) is 0 Å². The van der Waals surface area contributed by atoms with E-state index in [2.05, 4.69) is 22.8 Å². The summed E-state index contributed by atoms with van der Waals surface area (Å²) in [5, 5.41) is 23.4. The predicted octanol–water partition coefficient (Wildman–Crippen LogP) is 2.50. The molecule has 0 saturated carbocycles. The van der Waals surface area contributed by atoms with E-state index in [4.69, 9.17) is 9.84 Å². The molecule has 2 aromatic rings. The monoisotopic (exact) mass is 440 g/mol. The lowest BCUT2D eigenvalue weighted by Crippen LogP contribution is -2.41. The fourth-order valence-electron chi connectivity index (χ4n) is 3.91. The number of aliphatic hydroxyl groups is 1. The van der Waals surface area contributed by atoms with Crippen LogP contribution in [0.4, 0.5) is 4.79 Å². The van der Waals surface area contributed by atoms with E-state index < -0.39 is 30.5 Å². The number of carbonyl (C=O) groups is 3. The summed E-state index contributed by atoms with van der Waals surface area (Å²) in [6, 6.07) is 16.1. The van der Waals surface area contributed by atoms with Crippen LogP contribution in [0.15, 0.2) is 48.5 Å². The second-order valence-corrected chi connectivity index (χ2v) is 7.81. The van der Waals surface area contributed by atoms with E-state index in [-0.39, 0.29) is 31.5 Å². The number of aliphatic hydroxyl groups excluding tert-OH is 1. The summed E-state index contributed by atoms with van der Waals surface area (Å²) in [5.74, 6) is -2.08. The molecule has 32 heavy (non-hydrogen) atoms. The molecular formula is C24H28N2O6. The molecule has 0 bridgehead atoms. The minimum atomic E-state index is -1.16. The van der Waals surface area contributed by atoms with Gasteiger partial charge in [-0.15, -0.1) is 0 Å². The summed E-state index contributed by atoms with van der Waals surface area (Å²) < 4.78 is 5.47. The highest BCUT2D eigenvalue weighted by Crippen LogP contribution is 2.44. The number of rotatable bonds is 10. The Bertz CT molecular complexity index is 931. The van der Waals surface area contributed by atoms with Crippen molar-refractivity contribution in [2.75, 3.05) is 19.7 Å². The molecule has 2 amide bonds. The van der Waals surface area contributed by atoms with Crippen LogP contribution < -0.4 is 10.6 Å². The van der Waals surface area contributed by atoms with E-state index in [1.165, 1.54) is 0 Å². The number of hydrogen-bond acceptors (Lipinski definition) is 5. The van der Waals surface area contributed by atoms with Gasteiger partial charge in [-0.25, -0.2) is 4.79 Å². The molecule has 1 aliphatic rings. The van der Waals surface area contributed by atoms with Crippen LogP contribution in [0.25, 0.3) is 11.1 Å². The molecule has 2 aromatic carbocycles. The molecule has 4 N–H and O–H groups in total. The Morgan fingerprint density at radius 2 is 1.56 bits per heavy atom. The van der Waals surface area contributed by atoms with E-state index in [9.17, 15) is 19.5 Å². The zero-order chi connectivity index (χ0) is 23.1. The largest absolute Gasteiger partial charge is 0.481 e. The van der Waals surface area contributed by atoms with Gasteiger partial charge in [0.15, 0.2) is 0 Å². The first kappa shape index (κ1) is 23.3. The topological polar surface area (TPSA) is 125 Å². The lowest BCUT2D eigenvalue weighted by Gasteiger charge is -2.18. The third kappa shape index (κ3) is 5.64. The number of nitrogens with one attached hydrogen (secondary N) is 2. The molecule has 170 valence electrons. The molecule has 8 heteroatoms. The summed E-state index contributed by atoms with van der Waals surface area (Å²) >= 11 is 0. The number of carboxylic acid groups (broad SMARTS) is 1. The van der Waals surface area contributed by atoms with Crippen LogP contribution in [0, 0.1) is 5.92 Å². The van der Waals surface area contributed by atoms with Crippen LogP contribution >= 0.6 is 0 Å². The highest BCUT2D eigenvalue weighted by atomic mass is 16.5. The van der Waals surface area contributed by atoms with Gasteiger partial charge in [-0.3, -0.25) is 9.59 Å². The van der Waals surface area contributed by atoms with Crippen molar-refractivity contribution in [1.29, 1.82) is 0 Å². The zero-order valence-corrected chi connectivity index (χ0v) is 17.9. The lowest BCUT2D eigenvalue weighted by atomic mass is 9.98. The zero-order valence-electron chi connectivity index (χ0n) is 17.9. The average molecular weight is 440 g/mol. The molecule has 0 fully saturated rings. The maximum Gasteiger partial charge on any atom is 0.407 e. The predicted molar refractivity (Wildman–Crippen MR) is 118 cm³/mol. The minimum Gasteiger partial charge on any atom is -0.481 e. The van der Waals surface area contributed by atoms with E-state index in [1.807, 2.05) is 36.4 Å². The van der Waals surface area contributed by atoms with Crippen molar-refractivity contribution in [2.24, 2.45) is 5.92 Å². The Morgan fingerprint density at radius 3 is 2.12 bits per heavy atom. The maximum atomic E-state index is 12.3. The van der Waals surface area contributed by atoms with Crippen LogP contribution in [-0.2, 0) is 14.3 Å². The molecule has 0 aromatic heterocycles. The molecule has 0 saturated heterocycles. The van der Waals surface area contributed by atoms with Gasteiger partial charge in [-0.1, -0.05) is 55.5 Å². The van der Waals surface area contributed by atoms with Crippen molar-refractivity contribution in [3.8, 4) is 11.1 Å². The number of aliphatic carboxylic acids is 1. The average Bonchev–Trinajstić information content (AvgIpc) is 3.10. The van der Waals surface area contributed by atoms with E-state index >= 15 is 0 Å². The van der Waals surface area contributed by atoms with Crippen LogP contribution in [0.1, 0.15) is 36.8 Å². The van der Waals surface area contributed by atoms with Crippen molar-refractivity contribution in [2.45, 2.75) is 31.8 Å². The van der Waals surface area contributed by atoms with Crippen LogP contribution in [0.5, 0.6) is 0 Å². The molecular weight excluding hydrogens is 412 g/mol. The number of amides is 2. The molecule has 1 aliphatic carbocycles. The first-order valence-corrected chi connectivity index (χ1v) is 10.7. The number of alkyl carbamates (subject to hydrolysis) is 1. The number of benzene rings is 2. The Morgan fingerprint density at radius 1 is 0.969 bits per heavy atom. The smallest absolute Gasteiger partial charge is 0.407 e. The van der Waals surface area contributed by atoms with Crippen molar-refractivity contribution in [1.82, 2.24) is 10.6 Å². The maximum absolute atomic E-state index is 12.3. The van der Waals surface area contributed by atoms with Crippen molar-refractivity contribution < 1.29 is 29.3 Å². The molecule has 0 aliphatic heterocycles. The van der Waals surface area contributed by atoms with Gasteiger partial charge in [0, 0.05) is 19.0 Å². The highest BCUT2D eigenvalue weighted by Gasteiger charge is 2.29. The third-order valence-electron chi connectivity index (χ3n) is 5.62. The SMILES string of the molecule is CCC(CNC(=O)OCC1c2ccccc2-c2ccccc21)C(=O)NCC(O)CC(=O)O. The summed E-state index contributed by atoms with van der Waals surface area (Å²) in [6.07, 6.45) is -1.76. The van der Waals surface area contributed by atoms with Gasteiger partial charge in [0.1, 0.15) is 6.61 Å². The van der Waals surface area contributed by atoms with Crippen molar-refractivity contribution >= 4 is 18.0 Å². The number of ether oxygens (including phenoxy) is 1. The first-order valence-electron chi connectivity index (χ1n) is 10.7. The summed E-state index contributed by atoms with van der Waals surface area (Å²) in [5.41, 5.74) is 4.52. The second kappa shape index (κ2) is 10.8. The molecule has 0 radical (unpaired) electrons. The summed E-state index contributed by atoms with van der Waals surface area (Å²) in [6.45, 7) is 1.90. The molecule has 2 unspecified atom stereocenters. The Labute approximate surface area is 186 Å². The second-order valence-electron chi connectivity index (χ2n) is 7.81. The van der Waals surface area contributed by atoms with Gasteiger partial charge in [-0.2, -0.15) is 0 Å². The van der Waals surface area contributed by atoms with Gasteiger partial charge in [0.05, 0.1) is 18.4 Å². The fraction of sp³-hybridized carbons (Fsp3) is 0.375. The Hall–Kier alpha value is -3.39. The summed E-state index contributed by atoms with van der Waals surface area (Å²) in [4.78, 5) is 35.1. The van der Waals surface area contributed by atoms with E-state index in [0.29, 0.717) is 6.42 Å². The van der Waals surface area contributed by atoms with Crippen LogP contribution in [0.3, 0.4) is 0 Å². The number of hydrogen-bond donors (Lipinski definition) is 4. The van der Waals surface area contributed by atoms with Gasteiger partial charge >= 0.3 is 12.1 Å². The van der Waals surface area contributed by atoms with Crippen molar-refractivity contribution in [3.63, 3.8) is 0 Å². The Balaban J connectivity index is 1.49. The fourth-order valence-corrected chi connectivity index (χ4v) is 3.91. The normalized spacial score (nSPS) is 14.1. The highest BCUT2D eigenvalue weighted by molar-refractivity contribution is 5.80. The van der Waals surface area contributed by atoms with Gasteiger partial charge in [-0.05, 0) is 28.7 Å². The quantitative estimate of drug-likeness (QED) is 0.450. The van der Waals surface area contributed by atoms with Crippen LogP contribution in [0.2, 0.25) is 0 Å².